The van der Waals surface area contributed by atoms with Gasteiger partial charge in [-0.1, -0.05) is 159 Å². The molecule has 0 bridgehead atoms. The number of hydrogen-bond donors (Lipinski definition) is 2. The van der Waals surface area contributed by atoms with Crippen LogP contribution in [-0.2, 0) is 32.7 Å². The summed E-state index contributed by atoms with van der Waals surface area (Å²) in [4.78, 5) is 34.9. The Morgan fingerprint density at radius 1 is 0.545 bits per heavy atom. The molecule has 0 aromatic heterocycles. The predicted molar refractivity (Wildman–Crippen MR) is 229 cm³/mol. The van der Waals surface area contributed by atoms with E-state index in [1.165, 1.54) is 109 Å². The highest BCUT2D eigenvalue weighted by atomic mass is 31.2. The summed E-state index contributed by atoms with van der Waals surface area (Å²) < 4.78 is 32.8. The van der Waals surface area contributed by atoms with Crippen molar-refractivity contribution in [3.63, 3.8) is 0 Å². The molecule has 0 fully saturated rings. The van der Waals surface area contributed by atoms with Gasteiger partial charge in [0, 0.05) is 19.4 Å². The molecule has 3 N–H and O–H groups in total. The monoisotopic (exact) mass is 798 g/mol. The number of rotatable bonds is 42. The van der Waals surface area contributed by atoms with Crippen LogP contribution in [0.3, 0.4) is 0 Å². The van der Waals surface area contributed by atoms with E-state index in [1.807, 2.05) is 0 Å². The third-order valence-electron chi connectivity index (χ3n) is 9.50. The van der Waals surface area contributed by atoms with E-state index in [0.717, 1.165) is 64.2 Å². The summed E-state index contributed by atoms with van der Waals surface area (Å²) in [5.74, 6) is -0.839. The highest BCUT2D eigenvalue weighted by molar-refractivity contribution is 7.47. The molecular formula is C45H84NO8P. The lowest BCUT2D eigenvalue weighted by Gasteiger charge is -2.19. The molecule has 0 aliphatic rings. The molecule has 322 valence electrons. The number of hydrogen-bond acceptors (Lipinski definition) is 8. The van der Waals surface area contributed by atoms with Gasteiger partial charge in [0.25, 0.3) is 0 Å². The Morgan fingerprint density at radius 3 is 1.44 bits per heavy atom. The first-order valence-electron chi connectivity index (χ1n) is 22.5. The lowest BCUT2D eigenvalue weighted by atomic mass is 10.1. The maximum atomic E-state index is 12.6. The number of phosphoric acid groups is 1. The van der Waals surface area contributed by atoms with Gasteiger partial charge in [-0.05, 0) is 70.6 Å². The Bertz CT molecular complexity index is 1000. The van der Waals surface area contributed by atoms with Gasteiger partial charge in [0.05, 0.1) is 13.2 Å². The van der Waals surface area contributed by atoms with Gasteiger partial charge >= 0.3 is 19.8 Å². The highest BCUT2D eigenvalue weighted by Crippen LogP contribution is 2.43. The topological polar surface area (TPSA) is 134 Å². The molecule has 0 aromatic carbocycles. The first kappa shape index (κ1) is 53.2. The Hall–Kier alpha value is -1.77. The molecule has 0 saturated heterocycles. The number of esters is 2. The van der Waals surface area contributed by atoms with E-state index in [0.29, 0.717) is 6.42 Å². The molecule has 9 nitrogen and oxygen atoms in total. The second-order valence-electron chi connectivity index (χ2n) is 14.9. The normalized spacial score (nSPS) is 13.6. The minimum atomic E-state index is -4.38. The van der Waals surface area contributed by atoms with E-state index in [-0.39, 0.29) is 38.6 Å². The molecule has 0 aliphatic heterocycles. The second kappa shape index (κ2) is 41.9. The van der Waals surface area contributed by atoms with Crippen LogP contribution in [0, 0.1) is 0 Å². The molecule has 0 aromatic rings. The molecule has 0 saturated carbocycles. The largest absolute Gasteiger partial charge is 0.472 e. The highest BCUT2D eigenvalue weighted by Gasteiger charge is 2.26. The number of allylic oxidation sites excluding steroid dienone is 6. The summed E-state index contributed by atoms with van der Waals surface area (Å²) in [6.45, 7) is 3.70. The number of unbranched alkanes of at least 4 members (excludes halogenated alkanes) is 23. The van der Waals surface area contributed by atoms with Gasteiger partial charge in [-0.25, -0.2) is 4.57 Å². The van der Waals surface area contributed by atoms with Crippen molar-refractivity contribution >= 4 is 19.8 Å². The molecule has 2 atom stereocenters. The fraction of sp³-hybridized carbons (Fsp3) is 0.822. The number of carbonyl (C=O) groups is 2. The van der Waals surface area contributed by atoms with Crippen molar-refractivity contribution in [2.24, 2.45) is 5.73 Å². The van der Waals surface area contributed by atoms with Crippen molar-refractivity contribution in [2.45, 2.75) is 213 Å². The van der Waals surface area contributed by atoms with Gasteiger partial charge in [-0.15, -0.1) is 0 Å². The van der Waals surface area contributed by atoms with Gasteiger partial charge in [-0.2, -0.15) is 0 Å². The molecule has 10 heteroatoms. The third-order valence-corrected chi connectivity index (χ3v) is 10.5. The quantitative estimate of drug-likeness (QED) is 0.0268. The van der Waals surface area contributed by atoms with E-state index in [4.69, 9.17) is 24.3 Å². The predicted octanol–water partition coefficient (Wildman–Crippen LogP) is 12.9. The van der Waals surface area contributed by atoms with Gasteiger partial charge in [0.1, 0.15) is 6.61 Å². The fourth-order valence-electron chi connectivity index (χ4n) is 6.13. The van der Waals surface area contributed by atoms with E-state index in [1.54, 1.807) is 0 Å². The molecule has 0 aliphatic carbocycles. The van der Waals surface area contributed by atoms with Crippen LogP contribution in [0.2, 0.25) is 0 Å². The minimum Gasteiger partial charge on any atom is -0.462 e. The van der Waals surface area contributed by atoms with Crippen LogP contribution in [0.1, 0.15) is 206 Å². The SMILES string of the molecule is CCCCCC=CCC=CCCCCCCCCCC(=O)O[C@H](COC(=O)CCCCCCCCCC=CCCCCCCCC)COP(=O)(O)OCCN. The zero-order valence-corrected chi connectivity index (χ0v) is 36.3. The van der Waals surface area contributed by atoms with E-state index in [2.05, 4.69) is 50.3 Å². The van der Waals surface area contributed by atoms with Crippen LogP contribution >= 0.6 is 7.82 Å². The van der Waals surface area contributed by atoms with E-state index < -0.39 is 26.5 Å². The number of phosphoric ester groups is 1. The first-order valence-corrected chi connectivity index (χ1v) is 24.0. The Labute approximate surface area is 337 Å². The number of carbonyl (C=O) groups excluding carboxylic acids is 2. The van der Waals surface area contributed by atoms with Gasteiger partial charge in [-0.3, -0.25) is 18.6 Å². The average molecular weight is 798 g/mol. The molecule has 0 heterocycles. The van der Waals surface area contributed by atoms with Crippen molar-refractivity contribution in [2.75, 3.05) is 26.4 Å². The summed E-state index contributed by atoms with van der Waals surface area (Å²) in [6, 6.07) is 0. The summed E-state index contributed by atoms with van der Waals surface area (Å²) in [6.07, 6.45) is 45.9. The van der Waals surface area contributed by atoms with Crippen molar-refractivity contribution in [3.05, 3.63) is 36.5 Å². The molecule has 0 amide bonds. The summed E-state index contributed by atoms with van der Waals surface area (Å²) >= 11 is 0. The number of nitrogens with two attached hydrogens (primary N) is 1. The van der Waals surface area contributed by atoms with Crippen LogP contribution in [0.4, 0.5) is 0 Å². The van der Waals surface area contributed by atoms with Gasteiger partial charge in [0.15, 0.2) is 6.10 Å². The van der Waals surface area contributed by atoms with E-state index >= 15 is 0 Å². The second-order valence-corrected chi connectivity index (χ2v) is 16.4. The van der Waals surface area contributed by atoms with Crippen LogP contribution < -0.4 is 5.73 Å². The van der Waals surface area contributed by atoms with Gasteiger partial charge in [0.2, 0.25) is 0 Å². The van der Waals surface area contributed by atoms with Crippen molar-refractivity contribution in [1.82, 2.24) is 0 Å². The van der Waals surface area contributed by atoms with Crippen molar-refractivity contribution in [1.29, 1.82) is 0 Å². The van der Waals surface area contributed by atoms with Crippen LogP contribution in [0.5, 0.6) is 0 Å². The molecule has 0 rings (SSSR count). The lowest BCUT2D eigenvalue weighted by molar-refractivity contribution is -0.161. The molecule has 0 spiro atoms. The smallest absolute Gasteiger partial charge is 0.462 e. The molecular weight excluding hydrogens is 713 g/mol. The van der Waals surface area contributed by atoms with Crippen molar-refractivity contribution in [3.8, 4) is 0 Å². The fourth-order valence-corrected chi connectivity index (χ4v) is 6.89. The number of ether oxygens (including phenoxy) is 2. The van der Waals surface area contributed by atoms with Crippen LogP contribution in [-0.4, -0.2) is 49.3 Å². The zero-order chi connectivity index (χ0) is 40.3. The van der Waals surface area contributed by atoms with Gasteiger partial charge < -0.3 is 20.1 Å². The Kier molecular flexibility index (Phi) is 40.5. The lowest BCUT2D eigenvalue weighted by Crippen LogP contribution is -2.29. The minimum absolute atomic E-state index is 0.0512. The van der Waals surface area contributed by atoms with Crippen LogP contribution in [0.15, 0.2) is 36.5 Å². The van der Waals surface area contributed by atoms with Crippen molar-refractivity contribution < 1.29 is 37.6 Å². The van der Waals surface area contributed by atoms with Crippen LogP contribution in [0.25, 0.3) is 0 Å². The first-order chi connectivity index (χ1) is 26.8. The summed E-state index contributed by atoms with van der Waals surface area (Å²) in [5, 5.41) is 0. The Morgan fingerprint density at radius 2 is 0.945 bits per heavy atom. The Balaban J connectivity index is 4.14. The molecule has 55 heavy (non-hydrogen) atoms. The standard InChI is InChI=1S/C45H84NO8P/c1-3-5-7-9-11-13-15-17-19-21-23-25-27-29-31-33-35-37-44(47)51-41-43(42-53-55(49,50)52-40-39-46)54-45(48)38-36-34-32-30-28-26-24-22-20-18-16-14-12-10-8-6-4-2/h12,14,17-20,43H,3-11,13,15-16,21-42,46H2,1-2H3,(H,49,50)/t43-/m1/s1. The van der Waals surface area contributed by atoms with E-state index in [9.17, 15) is 19.0 Å². The molecule has 0 radical (unpaired) electrons. The summed E-state index contributed by atoms with van der Waals surface area (Å²) in [7, 11) is -4.38. The maximum absolute atomic E-state index is 12.6. The third kappa shape index (κ3) is 41.7. The summed E-state index contributed by atoms with van der Waals surface area (Å²) in [5.41, 5.74) is 5.35. The maximum Gasteiger partial charge on any atom is 0.472 e. The average Bonchev–Trinajstić information content (AvgIpc) is 3.17. The zero-order valence-electron chi connectivity index (χ0n) is 35.4. The molecule has 1 unspecified atom stereocenters.